The van der Waals surface area contributed by atoms with Crippen LogP contribution in [0.3, 0.4) is 0 Å². The molecule has 0 fully saturated rings. The van der Waals surface area contributed by atoms with Gasteiger partial charge in [-0.2, -0.15) is 5.10 Å². The zero-order chi connectivity index (χ0) is 17.1. The molecule has 1 aromatic heterocycles. The summed E-state index contributed by atoms with van der Waals surface area (Å²) in [6.45, 7) is 3.06. The minimum atomic E-state index is -0.565. The van der Waals surface area contributed by atoms with Crippen LogP contribution in [0.25, 0.3) is 0 Å². The van der Waals surface area contributed by atoms with E-state index in [9.17, 15) is 9.90 Å². The highest BCUT2D eigenvalue weighted by Gasteiger charge is 2.21. The van der Waals surface area contributed by atoms with E-state index < -0.39 is 6.10 Å². The van der Waals surface area contributed by atoms with E-state index in [2.05, 4.69) is 17.0 Å². The van der Waals surface area contributed by atoms with E-state index in [-0.39, 0.29) is 5.91 Å². The molecule has 0 saturated heterocycles. The number of aromatic nitrogens is 2. The van der Waals surface area contributed by atoms with Gasteiger partial charge in [-0.15, -0.1) is 0 Å². The summed E-state index contributed by atoms with van der Waals surface area (Å²) >= 11 is 0. The Bertz CT molecular complexity index is 698. The van der Waals surface area contributed by atoms with Crippen molar-refractivity contribution in [3.63, 3.8) is 0 Å². The number of hydrogen-bond acceptors (Lipinski definition) is 4. The second-order valence-electron chi connectivity index (χ2n) is 6.42. The maximum absolute atomic E-state index is 12.5. The summed E-state index contributed by atoms with van der Waals surface area (Å²) < 4.78 is 1.92. The van der Waals surface area contributed by atoms with E-state index in [1.165, 1.54) is 0 Å². The fraction of sp³-hybridized carbons (Fsp3) is 0.444. The van der Waals surface area contributed by atoms with Gasteiger partial charge in [0.1, 0.15) is 0 Å². The summed E-state index contributed by atoms with van der Waals surface area (Å²) in [5.74, 6) is -0.0974. The number of rotatable bonds is 5. The molecule has 6 nitrogen and oxygen atoms in total. The molecule has 0 bridgehead atoms. The Hall–Kier alpha value is -2.18. The summed E-state index contributed by atoms with van der Waals surface area (Å²) in [5.41, 5.74) is 2.43. The molecule has 24 heavy (non-hydrogen) atoms. The number of amides is 1. The highest BCUT2D eigenvalue weighted by atomic mass is 16.3. The first-order valence-corrected chi connectivity index (χ1v) is 8.28. The van der Waals surface area contributed by atoms with Gasteiger partial charge in [-0.05, 0) is 25.1 Å². The third-order valence-corrected chi connectivity index (χ3v) is 4.48. The van der Waals surface area contributed by atoms with Crippen LogP contribution in [0.15, 0.2) is 36.4 Å². The number of aliphatic hydroxyl groups excluding tert-OH is 1. The largest absolute Gasteiger partial charge is 0.388 e. The van der Waals surface area contributed by atoms with Crippen molar-refractivity contribution in [3.8, 4) is 0 Å². The van der Waals surface area contributed by atoms with Gasteiger partial charge >= 0.3 is 0 Å². The average Bonchev–Trinajstić information content (AvgIpc) is 3.02. The number of nitrogens with zero attached hydrogens (tertiary/aromatic N) is 4. The molecule has 0 aliphatic carbocycles. The van der Waals surface area contributed by atoms with E-state index in [0.717, 1.165) is 30.9 Å². The Morgan fingerprint density at radius 1 is 1.33 bits per heavy atom. The molecule has 1 amide bonds. The van der Waals surface area contributed by atoms with Crippen molar-refractivity contribution in [2.75, 3.05) is 27.2 Å². The number of fused-ring (bicyclic) bond motifs is 1. The molecule has 2 heterocycles. The predicted octanol–water partition coefficient (Wildman–Crippen LogP) is 1.52. The quantitative estimate of drug-likeness (QED) is 0.904. The van der Waals surface area contributed by atoms with E-state index >= 15 is 0 Å². The van der Waals surface area contributed by atoms with Crippen molar-refractivity contribution in [1.29, 1.82) is 0 Å². The van der Waals surface area contributed by atoms with Crippen LogP contribution in [0.1, 0.15) is 34.3 Å². The predicted molar refractivity (Wildman–Crippen MR) is 91.5 cm³/mol. The summed E-state index contributed by atoms with van der Waals surface area (Å²) in [7, 11) is 3.82. The fourth-order valence-electron chi connectivity index (χ4n) is 2.96. The Morgan fingerprint density at radius 2 is 2.08 bits per heavy atom. The molecule has 1 aliphatic heterocycles. The topological polar surface area (TPSA) is 61.6 Å². The van der Waals surface area contributed by atoms with Crippen molar-refractivity contribution in [2.24, 2.45) is 0 Å². The zero-order valence-corrected chi connectivity index (χ0v) is 14.2. The molecule has 1 N–H and O–H groups in total. The zero-order valence-electron chi connectivity index (χ0n) is 14.2. The lowest BCUT2D eigenvalue weighted by molar-refractivity contribution is 0.0754. The van der Waals surface area contributed by atoms with Crippen LogP contribution in [0.4, 0.5) is 0 Å². The highest BCUT2D eigenvalue weighted by molar-refractivity contribution is 5.92. The Morgan fingerprint density at radius 3 is 2.83 bits per heavy atom. The fourth-order valence-corrected chi connectivity index (χ4v) is 2.96. The first-order chi connectivity index (χ1) is 11.5. The van der Waals surface area contributed by atoms with Crippen LogP contribution in [-0.4, -0.2) is 57.8 Å². The van der Waals surface area contributed by atoms with Gasteiger partial charge in [-0.25, -0.2) is 0 Å². The third kappa shape index (κ3) is 3.66. The molecule has 1 aromatic carbocycles. The summed E-state index contributed by atoms with van der Waals surface area (Å²) in [6.07, 6.45) is -0.0620. The normalized spacial score (nSPS) is 15.8. The average molecular weight is 328 g/mol. The van der Waals surface area contributed by atoms with Gasteiger partial charge in [-0.1, -0.05) is 30.3 Å². The van der Waals surface area contributed by atoms with Crippen LogP contribution in [-0.2, 0) is 13.1 Å². The lowest BCUT2D eigenvalue weighted by Crippen LogP contribution is -2.31. The third-order valence-electron chi connectivity index (χ3n) is 4.48. The van der Waals surface area contributed by atoms with E-state index in [1.54, 1.807) is 11.9 Å². The molecule has 1 aliphatic rings. The van der Waals surface area contributed by atoms with Gasteiger partial charge in [-0.3, -0.25) is 14.4 Å². The van der Waals surface area contributed by atoms with Gasteiger partial charge in [0.05, 0.1) is 18.3 Å². The molecular weight excluding hydrogens is 304 g/mol. The first-order valence-electron chi connectivity index (χ1n) is 8.28. The molecule has 0 saturated carbocycles. The van der Waals surface area contributed by atoms with E-state index in [0.29, 0.717) is 18.7 Å². The molecule has 2 aromatic rings. The number of benzene rings is 1. The standard InChI is InChI=1S/C18H24N4O2/c1-20-10-11-22-15(13-20)12-16(19-22)18(24)21(2)9-8-17(23)14-6-4-3-5-7-14/h3-7,12,17,23H,8-11,13H2,1-2H3/t17-/m0/s1. The summed E-state index contributed by atoms with van der Waals surface area (Å²) in [4.78, 5) is 16.4. The molecular formula is C18H24N4O2. The number of hydrogen-bond donors (Lipinski definition) is 1. The van der Waals surface area contributed by atoms with Crippen LogP contribution in [0.2, 0.25) is 0 Å². The van der Waals surface area contributed by atoms with Crippen molar-refractivity contribution in [2.45, 2.75) is 25.6 Å². The Balaban J connectivity index is 1.59. The minimum absolute atomic E-state index is 0.0974. The smallest absolute Gasteiger partial charge is 0.274 e. The van der Waals surface area contributed by atoms with Crippen molar-refractivity contribution >= 4 is 5.91 Å². The molecule has 3 rings (SSSR count). The summed E-state index contributed by atoms with van der Waals surface area (Å²) in [5, 5.41) is 14.6. The molecule has 0 radical (unpaired) electrons. The van der Waals surface area contributed by atoms with Crippen LogP contribution < -0.4 is 0 Å². The molecule has 6 heteroatoms. The van der Waals surface area contributed by atoms with Crippen molar-refractivity contribution < 1.29 is 9.90 Å². The SMILES string of the molecule is CN1CCn2nc(C(=O)N(C)CC[C@H](O)c3ccccc3)cc2C1. The highest BCUT2D eigenvalue weighted by Crippen LogP contribution is 2.17. The van der Waals surface area contributed by atoms with Crippen molar-refractivity contribution in [1.82, 2.24) is 19.6 Å². The van der Waals surface area contributed by atoms with Gasteiger partial charge < -0.3 is 10.0 Å². The lowest BCUT2D eigenvalue weighted by atomic mass is 10.1. The number of likely N-dealkylation sites (N-methyl/N-ethyl adjacent to an activating group) is 1. The van der Waals surface area contributed by atoms with Gasteiger partial charge in [0.25, 0.3) is 5.91 Å². The van der Waals surface area contributed by atoms with E-state index in [1.807, 2.05) is 41.1 Å². The van der Waals surface area contributed by atoms with Gasteiger partial charge in [0, 0.05) is 26.7 Å². The van der Waals surface area contributed by atoms with E-state index in [4.69, 9.17) is 0 Å². The van der Waals surface area contributed by atoms with Gasteiger partial charge in [0.2, 0.25) is 0 Å². The molecule has 0 spiro atoms. The van der Waals surface area contributed by atoms with Crippen molar-refractivity contribution in [3.05, 3.63) is 53.3 Å². The maximum atomic E-state index is 12.5. The second-order valence-corrected chi connectivity index (χ2v) is 6.42. The van der Waals surface area contributed by atoms with Gasteiger partial charge in [0.15, 0.2) is 5.69 Å². The minimum Gasteiger partial charge on any atom is -0.388 e. The number of carbonyl (C=O) groups excluding carboxylic acids is 1. The monoisotopic (exact) mass is 328 g/mol. The van der Waals surface area contributed by atoms with Crippen LogP contribution >= 0.6 is 0 Å². The lowest BCUT2D eigenvalue weighted by Gasteiger charge is -2.22. The Kier molecular flexibility index (Phi) is 4.97. The van der Waals surface area contributed by atoms with Crippen LogP contribution in [0, 0.1) is 0 Å². The summed E-state index contributed by atoms with van der Waals surface area (Å²) in [6, 6.07) is 11.4. The molecule has 0 unspecified atom stereocenters. The van der Waals surface area contributed by atoms with Crippen LogP contribution in [0.5, 0.6) is 0 Å². The molecule has 1 atom stereocenters. The first kappa shape index (κ1) is 16.7. The second kappa shape index (κ2) is 7.15. The Labute approximate surface area is 142 Å². The maximum Gasteiger partial charge on any atom is 0.274 e. The number of carbonyl (C=O) groups is 1. The molecule has 128 valence electrons. The number of aliphatic hydroxyl groups is 1.